The number of hydrogen-bond acceptors (Lipinski definition) is 3. The minimum atomic E-state index is -0.287. The molecular weight excluding hydrogens is 288 g/mol. The highest BCUT2D eigenvalue weighted by Crippen LogP contribution is 2.30. The fourth-order valence-corrected chi connectivity index (χ4v) is 2.85. The standard InChI is InChI=1S/C15H26N4O.ClH/c1-15(2)6-5-8-19(9-7-15)14(20)13(16-3)12-10-17-18(4)11-12;/h10-11,13,16H,5-9H2,1-4H3;1H. The van der Waals surface area contributed by atoms with E-state index in [0.717, 1.165) is 31.5 Å². The maximum Gasteiger partial charge on any atom is 0.244 e. The monoisotopic (exact) mass is 314 g/mol. The third-order valence-electron chi connectivity index (χ3n) is 4.25. The number of aryl methyl sites for hydroxylation is 1. The highest BCUT2D eigenvalue weighted by Gasteiger charge is 2.29. The van der Waals surface area contributed by atoms with Crippen LogP contribution in [0, 0.1) is 5.41 Å². The van der Waals surface area contributed by atoms with Gasteiger partial charge in [-0.05, 0) is 31.7 Å². The molecule has 6 heteroatoms. The summed E-state index contributed by atoms with van der Waals surface area (Å²) in [5, 5.41) is 7.29. The number of likely N-dealkylation sites (tertiary alicyclic amines) is 1. The van der Waals surface area contributed by atoms with Gasteiger partial charge in [0, 0.05) is 31.9 Å². The second-order valence-corrected chi connectivity index (χ2v) is 6.51. The van der Waals surface area contributed by atoms with E-state index in [1.54, 1.807) is 10.9 Å². The van der Waals surface area contributed by atoms with Crippen molar-refractivity contribution >= 4 is 18.3 Å². The zero-order valence-corrected chi connectivity index (χ0v) is 14.2. The summed E-state index contributed by atoms with van der Waals surface area (Å²) in [4.78, 5) is 14.7. The molecule has 0 bridgehead atoms. The molecule has 0 aromatic carbocycles. The zero-order valence-electron chi connectivity index (χ0n) is 13.4. The highest BCUT2D eigenvalue weighted by atomic mass is 35.5. The van der Waals surface area contributed by atoms with Gasteiger partial charge in [0.1, 0.15) is 6.04 Å². The first-order valence-corrected chi connectivity index (χ1v) is 7.37. The van der Waals surface area contributed by atoms with Crippen LogP contribution in [0.4, 0.5) is 0 Å². The molecule has 1 aliphatic rings. The van der Waals surface area contributed by atoms with Gasteiger partial charge in [-0.3, -0.25) is 9.48 Å². The van der Waals surface area contributed by atoms with Crippen molar-refractivity contribution in [3.05, 3.63) is 18.0 Å². The summed E-state index contributed by atoms with van der Waals surface area (Å²) in [5.74, 6) is 0.165. The lowest BCUT2D eigenvalue weighted by Gasteiger charge is -2.26. The fraction of sp³-hybridized carbons (Fsp3) is 0.733. The number of nitrogens with one attached hydrogen (secondary N) is 1. The smallest absolute Gasteiger partial charge is 0.244 e. The number of likely N-dealkylation sites (N-methyl/N-ethyl adjacent to an activating group) is 1. The SMILES string of the molecule is CNC(C(=O)N1CCCC(C)(C)CC1)c1cnn(C)c1.Cl. The van der Waals surface area contributed by atoms with Crippen molar-refractivity contribution in [2.75, 3.05) is 20.1 Å². The van der Waals surface area contributed by atoms with E-state index in [9.17, 15) is 4.79 Å². The third kappa shape index (κ3) is 4.45. The number of carbonyl (C=O) groups is 1. The minimum Gasteiger partial charge on any atom is -0.341 e. The van der Waals surface area contributed by atoms with Crippen molar-refractivity contribution in [1.82, 2.24) is 20.0 Å². The molecule has 1 unspecified atom stereocenters. The third-order valence-corrected chi connectivity index (χ3v) is 4.25. The maximum absolute atomic E-state index is 12.7. The van der Waals surface area contributed by atoms with Gasteiger partial charge >= 0.3 is 0 Å². The molecule has 0 radical (unpaired) electrons. The van der Waals surface area contributed by atoms with E-state index in [1.807, 2.05) is 25.2 Å². The van der Waals surface area contributed by atoms with Crippen LogP contribution < -0.4 is 5.32 Å². The maximum atomic E-state index is 12.7. The van der Waals surface area contributed by atoms with E-state index in [1.165, 1.54) is 6.42 Å². The van der Waals surface area contributed by atoms with Crippen molar-refractivity contribution in [2.45, 2.75) is 39.2 Å². The molecule has 1 fully saturated rings. The molecule has 21 heavy (non-hydrogen) atoms. The molecule has 1 aromatic rings. The Kier molecular flexibility index (Phi) is 6.23. The molecule has 0 aliphatic carbocycles. The predicted octanol–water partition coefficient (Wildman–Crippen LogP) is 2.14. The van der Waals surface area contributed by atoms with Gasteiger partial charge in [-0.2, -0.15) is 5.10 Å². The van der Waals surface area contributed by atoms with Crippen LogP contribution in [0.15, 0.2) is 12.4 Å². The number of nitrogens with zero attached hydrogens (tertiary/aromatic N) is 3. The van der Waals surface area contributed by atoms with Gasteiger partial charge in [-0.15, -0.1) is 12.4 Å². The van der Waals surface area contributed by atoms with Crippen LogP contribution in [0.5, 0.6) is 0 Å². The molecule has 2 rings (SSSR count). The van der Waals surface area contributed by atoms with Crippen LogP contribution in [-0.2, 0) is 11.8 Å². The van der Waals surface area contributed by atoms with Crippen LogP contribution >= 0.6 is 12.4 Å². The van der Waals surface area contributed by atoms with E-state index in [-0.39, 0.29) is 24.4 Å². The first kappa shape index (κ1) is 18.0. The number of rotatable bonds is 3. The quantitative estimate of drug-likeness (QED) is 0.930. The summed E-state index contributed by atoms with van der Waals surface area (Å²) in [6.07, 6.45) is 7.01. The Morgan fingerprint density at radius 2 is 2.10 bits per heavy atom. The lowest BCUT2D eigenvalue weighted by atomic mass is 9.85. The van der Waals surface area contributed by atoms with Gasteiger partial charge < -0.3 is 10.2 Å². The average molecular weight is 315 g/mol. The average Bonchev–Trinajstić information content (AvgIpc) is 2.71. The van der Waals surface area contributed by atoms with Crippen molar-refractivity contribution < 1.29 is 4.79 Å². The Morgan fingerprint density at radius 1 is 1.38 bits per heavy atom. The van der Waals surface area contributed by atoms with Crippen molar-refractivity contribution in [1.29, 1.82) is 0 Å². The van der Waals surface area contributed by atoms with Gasteiger partial charge in [-0.25, -0.2) is 0 Å². The Morgan fingerprint density at radius 3 is 2.67 bits per heavy atom. The molecule has 1 atom stereocenters. The Balaban J connectivity index is 0.00000220. The first-order chi connectivity index (χ1) is 9.43. The lowest BCUT2D eigenvalue weighted by molar-refractivity contribution is -0.133. The van der Waals surface area contributed by atoms with E-state index in [4.69, 9.17) is 0 Å². The van der Waals surface area contributed by atoms with Crippen molar-refractivity contribution in [3.8, 4) is 0 Å². The van der Waals surface area contributed by atoms with Crippen LogP contribution in [0.1, 0.15) is 44.7 Å². The second kappa shape index (κ2) is 7.27. The van der Waals surface area contributed by atoms with Gasteiger partial charge in [-0.1, -0.05) is 13.8 Å². The van der Waals surface area contributed by atoms with E-state index >= 15 is 0 Å². The molecule has 120 valence electrons. The van der Waals surface area contributed by atoms with Crippen LogP contribution in [0.3, 0.4) is 0 Å². The van der Waals surface area contributed by atoms with Crippen LogP contribution in [-0.4, -0.2) is 40.7 Å². The van der Waals surface area contributed by atoms with E-state index in [2.05, 4.69) is 24.3 Å². The van der Waals surface area contributed by atoms with E-state index < -0.39 is 0 Å². The van der Waals surface area contributed by atoms with Crippen molar-refractivity contribution in [2.24, 2.45) is 12.5 Å². The first-order valence-electron chi connectivity index (χ1n) is 7.37. The molecule has 0 spiro atoms. The zero-order chi connectivity index (χ0) is 14.8. The summed E-state index contributed by atoms with van der Waals surface area (Å²) < 4.78 is 1.73. The highest BCUT2D eigenvalue weighted by molar-refractivity contribution is 5.85. The summed E-state index contributed by atoms with van der Waals surface area (Å²) in [5.41, 5.74) is 1.28. The number of aromatic nitrogens is 2. The van der Waals surface area contributed by atoms with Crippen LogP contribution in [0.2, 0.25) is 0 Å². The molecule has 1 amide bonds. The summed E-state index contributed by atoms with van der Waals surface area (Å²) >= 11 is 0. The molecule has 1 aliphatic heterocycles. The molecule has 0 saturated carbocycles. The van der Waals surface area contributed by atoms with Gasteiger partial charge in [0.15, 0.2) is 0 Å². The summed E-state index contributed by atoms with van der Waals surface area (Å²) in [7, 11) is 3.70. The number of amides is 1. The molecule has 2 heterocycles. The Labute approximate surface area is 133 Å². The van der Waals surface area contributed by atoms with E-state index in [0.29, 0.717) is 5.41 Å². The van der Waals surface area contributed by atoms with Crippen molar-refractivity contribution in [3.63, 3.8) is 0 Å². The van der Waals surface area contributed by atoms with Gasteiger partial charge in [0.2, 0.25) is 5.91 Å². The molecule has 5 nitrogen and oxygen atoms in total. The summed E-state index contributed by atoms with van der Waals surface area (Å²) in [6.45, 7) is 6.29. The molecule has 1 N–H and O–H groups in total. The number of carbonyl (C=O) groups excluding carboxylic acids is 1. The molecule has 1 aromatic heterocycles. The second-order valence-electron chi connectivity index (χ2n) is 6.51. The number of hydrogen-bond donors (Lipinski definition) is 1. The number of halogens is 1. The largest absolute Gasteiger partial charge is 0.341 e. The predicted molar refractivity (Wildman–Crippen MR) is 86.5 cm³/mol. The van der Waals surface area contributed by atoms with Gasteiger partial charge in [0.25, 0.3) is 0 Å². The Bertz CT molecular complexity index is 472. The molecule has 1 saturated heterocycles. The normalized spacial score (nSPS) is 19.5. The molecular formula is C15H27ClN4O. The Hall–Kier alpha value is -1.07. The fourth-order valence-electron chi connectivity index (χ4n) is 2.85. The summed E-state index contributed by atoms with van der Waals surface area (Å²) in [6, 6.07) is -0.287. The minimum absolute atomic E-state index is 0. The topological polar surface area (TPSA) is 50.2 Å². The van der Waals surface area contributed by atoms with Gasteiger partial charge in [0.05, 0.1) is 6.20 Å². The lowest BCUT2D eigenvalue weighted by Crippen LogP contribution is -2.40. The van der Waals surface area contributed by atoms with Crippen LogP contribution in [0.25, 0.3) is 0 Å².